The molecule has 1 heterocycles. The summed E-state index contributed by atoms with van der Waals surface area (Å²) in [5.41, 5.74) is 4.27. The Kier molecular flexibility index (Phi) is 5.80. The van der Waals surface area contributed by atoms with Gasteiger partial charge in [0.2, 0.25) is 10.0 Å². The lowest BCUT2D eigenvalue weighted by Gasteiger charge is -2.37. The van der Waals surface area contributed by atoms with Gasteiger partial charge < -0.3 is 5.32 Å². The number of hydrogen-bond donors (Lipinski definition) is 2. The molecule has 0 radical (unpaired) electrons. The number of benzene rings is 3. The molecule has 3 aromatic carbocycles. The Balaban J connectivity index is 1.38. The highest BCUT2D eigenvalue weighted by Crippen LogP contribution is 2.50. The van der Waals surface area contributed by atoms with E-state index >= 15 is 0 Å². The lowest BCUT2D eigenvalue weighted by molar-refractivity contribution is 0.425. The molecule has 1 aliphatic carbocycles. The van der Waals surface area contributed by atoms with E-state index in [0.717, 1.165) is 33.8 Å². The summed E-state index contributed by atoms with van der Waals surface area (Å²) in [6, 6.07) is 23.4. The van der Waals surface area contributed by atoms with Crippen LogP contribution in [-0.2, 0) is 16.4 Å². The smallest absolute Gasteiger partial charge is 0.240 e. The number of rotatable bonds is 6. The Morgan fingerprint density at radius 1 is 1.00 bits per heavy atom. The minimum atomic E-state index is -3.58. The lowest BCUT2D eigenvalue weighted by Crippen LogP contribution is -2.30. The maximum atomic E-state index is 13.0. The summed E-state index contributed by atoms with van der Waals surface area (Å²) in [5, 5.41) is 4.36. The quantitative estimate of drug-likeness (QED) is 0.461. The molecule has 3 unspecified atom stereocenters. The summed E-state index contributed by atoms with van der Waals surface area (Å²) in [5.74, 6) is 0.500. The van der Waals surface area contributed by atoms with Gasteiger partial charge in [0.25, 0.3) is 0 Å². The number of fused-ring (bicyclic) bond motifs is 3. The van der Waals surface area contributed by atoms with Gasteiger partial charge in [-0.2, -0.15) is 0 Å². The molecule has 1 aliphatic heterocycles. The highest BCUT2D eigenvalue weighted by Gasteiger charge is 2.38. The first kappa shape index (κ1) is 21.3. The van der Waals surface area contributed by atoms with E-state index in [9.17, 15) is 8.42 Å². The van der Waals surface area contributed by atoms with E-state index in [-0.39, 0.29) is 12.0 Å². The highest BCUT2D eigenvalue weighted by atomic mass is 35.5. The zero-order valence-corrected chi connectivity index (χ0v) is 19.1. The van der Waals surface area contributed by atoms with Crippen molar-refractivity contribution in [3.63, 3.8) is 0 Å². The standard InChI is InChI=1S/C26H25ClN2O2S/c27-20-9-4-8-19(16-20)26-23-11-5-10-22(23)24-17-21(12-13-25(24)29-26)32(30,31)28-15-14-18-6-2-1-3-7-18/h1-10,12-13,16-17,22-23,26,28-29H,11,14-15H2. The van der Waals surface area contributed by atoms with E-state index in [2.05, 4.69) is 28.3 Å². The summed E-state index contributed by atoms with van der Waals surface area (Å²) in [6.45, 7) is 0.366. The van der Waals surface area contributed by atoms with Crippen LogP contribution in [0.3, 0.4) is 0 Å². The van der Waals surface area contributed by atoms with Gasteiger partial charge in [0, 0.05) is 23.2 Å². The third kappa shape index (κ3) is 4.20. The summed E-state index contributed by atoms with van der Waals surface area (Å²) >= 11 is 6.24. The summed E-state index contributed by atoms with van der Waals surface area (Å²) in [7, 11) is -3.58. The average Bonchev–Trinajstić information content (AvgIpc) is 3.29. The van der Waals surface area contributed by atoms with Gasteiger partial charge in [-0.3, -0.25) is 0 Å². The van der Waals surface area contributed by atoms with Gasteiger partial charge >= 0.3 is 0 Å². The van der Waals surface area contributed by atoms with Gasteiger partial charge in [-0.1, -0.05) is 66.2 Å². The van der Waals surface area contributed by atoms with Gasteiger partial charge in [0.05, 0.1) is 10.9 Å². The zero-order valence-electron chi connectivity index (χ0n) is 17.5. The molecule has 5 rings (SSSR count). The van der Waals surface area contributed by atoms with Crippen molar-refractivity contribution < 1.29 is 8.42 Å². The molecule has 0 aromatic heterocycles. The van der Waals surface area contributed by atoms with Crippen molar-refractivity contribution in [3.8, 4) is 0 Å². The maximum absolute atomic E-state index is 13.0. The summed E-state index contributed by atoms with van der Waals surface area (Å²) < 4.78 is 28.7. The fourth-order valence-corrected chi connectivity index (χ4v) is 6.09. The molecule has 2 N–H and O–H groups in total. The van der Waals surface area contributed by atoms with Crippen molar-refractivity contribution in [3.05, 3.63) is 107 Å². The largest absolute Gasteiger partial charge is 0.378 e. The van der Waals surface area contributed by atoms with Gasteiger partial charge in [-0.05, 0) is 65.8 Å². The second kappa shape index (κ2) is 8.74. The van der Waals surface area contributed by atoms with Crippen LogP contribution in [0, 0.1) is 5.92 Å². The highest BCUT2D eigenvalue weighted by molar-refractivity contribution is 7.89. The van der Waals surface area contributed by atoms with Gasteiger partial charge in [-0.25, -0.2) is 13.1 Å². The van der Waals surface area contributed by atoms with E-state index in [0.29, 0.717) is 23.8 Å². The molecular weight excluding hydrogens is 440 g/mol. The topological polar surface area (TPSA) is 58.2 Å². The van der Waals surface area contributed by atoms with Crippen molar-refractivity contribution >= 4 is 27.3 Å². The van der Waals surface area contributed by atoms with Crippen molar-refractivity contribution in [1.82, 2.24) is 4.72 Å². The molecule has 0 spiro atoms. The molecule has 4 nitrogen and oxygen atoms in total. The van der Waals surface area contributed by atoms with Gasteiger partial charge in [0.15, 0.2) is 0 Å². The van der Waals surface area contributed by atoms with Crippen LogP contribution in [0.4, 0.5) is 5.69 Å². The molecule has 2 aliphatic rings. The SMILES string of the molecule is O=S(=O)(NCCc1ccccc1)c1ccc2c(c1)C1C=CCC1C(c1cccc(Cl)c1)N2. The monoisotopic (exact) mass is 464 g/mol. The molecule has 0 bridgehead atoms. The van der Waals surface area contributed by atoms with E-state index in [1.807, 2.05) is 60.7 Å². The van der Waals surface area contributed by atoms with Gasteiger partial charge in [-0.15, -0.1) is 0 Å². The summed E-state index contributed by atoms with van der Waals surface area (Å²) in [4.78, 5) is 0.311. The minimum Gasteiger partial charge on any atom is -0.378 e. The van der Waals surface area contributed by atoms with Crippen LogP contribution in [0.25, 0.3) is 0 Å². The Bertz CT molecular complexity index is 1260. The number of allylic oxidation sites excluding steroid dienone is 2. The van der Waals surface area contributed by atoms with Crippen LogP contribution in [-0.4, -0.2) is 15.0 Å². The van der Waals surface area contributed by atoms with Gasteiger partial charge in [0.1, 0.15) is 0 Å². The molecule has 32 heavy (non-hydrogen) atoms. The van der Waals surface area contributed by atoms with Crippen LogP contribution in [0.15, 0.2) is 89.8 Å². The number of nitrogens with one attached hydrogen (secondary N) is 2. The average molecular weight is 465 g/mol. The van der Waals surface area contributed by atoms with Crippen LogP contribution in [0.1, 0.15) is 35.1 Å². The zero-order chi connectivity index (χ0) is 22.1. The van der Waals surface area contributed by atoms with E-state index < -0.39 is 10.0 Å². The van der Waals surface area contributed by atoms with Crippen molar-refractivity contribution in [2.45, 2.75) is 29.7 Å². The summed E-state index contributed by atoms with van der Waals surface area (Å²) in [6.07, 6.45) is 6.01. The fraction of sp³-hybridized carbons (Fsp3) is 0.231. The first-order valence-electron chi connectivity index (χ1n) is 10.9. The third-order valence-corrected chi connectivity index (χ3v) is 8.09. The Hall–Kier alpha value is -2.60. The molecular formula is C26H25ClN2O2S. The normalized spacial score (nSPS) is 21.6. The number of anilines is 1. The van der Waals surface area contributed by atoms with Crippen LogP contribution in [0.5, 0.6) is 0 Å². The number of sulfonamides is 1. The molecule has 3 atom stereocenters. The first-order valence-corrected chi connectivity index (χ1v) is 12.7. The van der Waals surface area contributed by atoms with Crippen LogP contribution in [0.2, 0.25) is 5.02 Å². The molecule has 0 saturated heterocycles. The number of halogens is 1. The fourth-order valence-electron chi connectivity index (χ4n) is 4.83. The first-order chi connectivity index (χ1) is 15.5. The lowest BCUT2D eigenvalue weighted by atomic mass is 9.77. The predicted octanol–water partition coefficient (Wildman–Crippen LogP) is 5.69. The van der Waals surface area contributed by atoms with Crippen molar-refractivity contribution in [1.29, 1.82) is 0 Å². The Morgan fingerprint density at radius 2 is 1.84 bits per heavy atom. The van der Waals surface area contributed by atoms with E-state index in [1.165, 1.54) is 0 Å². The van der Waals surface area contributed by atoms with Crippen molar-refractivity contribution in [2.24, 2.45) is 5.92 Å². The molecule has 6 heteroatoms. The molecule has 0 fully saturated rings. The molecule has 0 amide bonds. The second-order valence-corrected chi connectivity index (χ2v) is 10.6. The third-order valence-electron chi connectivity index (χ3n) is 6.40. The predicted molar refractivity (Wildman–Crippen MR) is 130 cm³/mol. The molecule has 164 valence electrons. The minimum absolute atomic E-state index is 0.132. The maximum Gasteiger partial charge on any atom is 0.240 e. The van der Waals surface area contributed by atoms with E-state index in [1.54, 1.807) is 6.07 Å². The molecule has 3 aromatic rings. The molecule has 0 saturated carbocycles. The van der Waals surface area contributed by atoms with Crippen LogP contribution >= 0.6 is 11.6 Å². The Labute approximate surface area is 194 Å². The van der Waals surface area contributed by atoms with E-state index in [4.69, 9.17) is 11.6 Å². The van der Waals surface area contributed by atoms with Crippen LogP contribution < -0.4 is 10.0 Å². The number of hydrogen-bond acceptors (Lipinski definition) is 3. The Morgan fingerprint density at radius 3 is 2.66 bits per heavy atom. The second-order valence-electron chi connectivity index (χ2n) is 8.41. The van der Waals surface area contributed by atoms with Crippen molar-refractivity contribution in [2.75, 3.05) is 11.9 Å².